The quantitative estimate of drug-likeness (QED) is 0.879. The van der Waals surface area contributed by atoms with Crippen molar-refractivity contribution >= 4 is 5.97 Å². The molecule has 2 aromatic rings. The van der Waals surface area contributed by atoms with Crippen LogP contribution in [0, 0.1) is 0 Å². The molecule has 0 amide bonds. The Morgan fingerprint density at radius 2 is 2.14 bits per heavy atom. The molecular formula is C17H18N2O2. The predicted octanol–water partition coefficient (Wildman–Crippen LogP) is 2.77. The van der Waals surface area contributed by atoms with Crippen LogP contribution in [0.3, 0.4) is 0 Å². The minimum absolute atomic E-state index is 0.168. The lowest BCUT2D eigenvalue weighted by Gasteiger charge is -2.25. The number of hydrogen-bond acceptors (Lipinski definition) is 4. The number of carbonyl (C=O) groups is 1. The third-order valence-electron chi connectivity index (χ3n) is 3.83. The molecule has 1 aromatic heterocycles. The molecule has 4 heteroatoms. The van der Waals surface area contributed by atoms with Crippen LogP contribution in [0.4, 0.5) is 0 Å². The highest BCUT2D eigenvalue weighted by Crippen LogP contribution is 2.32. The van der Waals surface area contributed by atoms with E-state index in [9.17, 15) is 4.79 Å². The summed E-state index contributed by atoms with van der Waals surface area (Å²) < 4.78 is 5.64. The summed E-state index contributed by atoms with van der Waals surface area (Å²) >= 11 is 0. The summed E-state index contributed by atoms with van der Waals surface area (Å²) in [6.45, 7) is 0.415. The fourth-order valence-electron chi connectivity index (χ4n) is 2.69. The first-order valence-electron chi connectivity index (χ1n) is 7.21. The summed E-state index contributed by atoms with van der Waals surface area (Å²) in [6.07, 6.45) is 4.40. The molecule has 1 heterocycles. The molecule has 0 spiro atoms. The molecule has 2 N–H and O–H groups in total. The van der Waals surface area contributed by atoms with Crippen molar-refractivity contribution in [3.63, 3.8) is 0 Å². The number of ether oxygens (including phenoxy) is 1. The molecule has 0 bridgehead atoms. The summed E-state index contributed by atoms with van der Waals surface area (Å²) in [7, 11) is 0. The monoisotopic (exact) mass is 282 g/mol. The van der Waals surface area contributed by atoms with Crippen molar-refractivity contribution in [2.24, 2.45) is 5.73 Å². The predicted molar refractivity (Wildman–Crippen MR) is 79.7 cm³/mol. The third-order valence-corrected chi connectivity index (χ3v) is 3.83. The highest BCUT2D eigenvalue weighted by molar-refractivity contribution is 5.87. The molecular weight excluding hydrogens is 264 g/mol. The highest BCUT2D eigenvalue weighted by Gasteiger charge is 2.24. The Hall–Kier alpha value is -2.20. The number of aromatic nitrogens is 1. The van der Waals surface area contributed by atoms with Gasteiger partial charge in [-0.05, 0) is 42.0 Å². The maximum atomic E-state index is 12.2. The van der Waals surface area contributed by atoms with E-state index >= 15 is 0 Å². The smallest absolute Gasteiger partial charge is 0.357 e. The Bertz CT molecular complexity index is 637. The minimum Gasteiger partial charge on any atom is -0.453 e. The van der Waals surface area contributed by atoms with Gasteiger partial charge in [-0.3, -0.25) is 0 Å². The zero-order valence-electron chi connectivity index (χ0n) is 11.8. The van der Waals surface area contributed by atoms with Crippen LogP contribution in [0.1, 0.15) is 46.1 Å². The van der Waals surface area contributed by atoms with E-state index in [1.165, 1.54) is 5.56 Å². The Labute approximate surface area is 124 Å². The lowest BCUT2D eigenvalue weighted by molar-refractivity contribution is 0.0249. The number of hydrogen-bond donors (Lipinski definition) is 1. The molecule has 108 valence electrons. The van der Waals surface area contributed by atoms with Gasteiger partial charge >= 0.3 is 5.97 Å². The maximum absolute atomic E-state index is 12.2. The average Bonchev–Trinajstić information content (AvgIpc) is 2.55. The van der Waals surface area contributed by atoms with Crippen molar-refractivity contribution in [2.45, 2.75) is 31.9 Å². The second-order valence-electron chi connectivity index (χ2n) is 5.24. The van der Waals surface area contributed by atoms with Gasteiger partial charge in [0, 0.05) is 12.7 Å². The van der Waals surface area contributed by atoms with Gasteiger partial charge in [0.05, 0.1) is 0 Å². The summed E-state index contributed by atoms with van der Waals surface area (Å²) in [5.41, 5.74) is 9.14. The highest BCUT2D eigenvalue weighted by atomic mass is 16.5. The fraction of sp³-hybridized carbons (Fsp3) is 0.294. The topological polar surface area (TPSA) is 65.2 Å². The third kappa shape index (κ3) is 2.95. The van der Waals surface area contributed by atoms with Gasteiger partial charge in [-0.15, -0.1) is 0 Å². The van der Waals surface area contributed by atoms with Crippen LogP contribution in [0.5, 0.6) is 0 Å². The van der Waals surface area contributed by atoms with Crippen LogP contribution in [0.25, 0.3) is 0 Å². The van der Waals surface area contributed by atoms with E-state index in [-0.39, 0.29) is 12.1 Å². The van der Waals surface area contributed by atoms with Gasteiger partial charge in [0.15, 0.2) is 0 Å². The van der Waals surface area contributed by atoms with Gasteiger partial charge in [0.2, 0.25) is 0 Å². The molecule has 0 saturated heterocycles. The lowest BCUT2D eigenvalue weighted by atomic mass is 9.89. The van der Waals surface area contributed by atoms with Crippen molar-refractivity contribution < 1.29 is 9.53 Å². The van der Waals surface area contributed by atoms with E-state index in [4.69, 9.17) is 10.5 Å². The summed E-state index contributed by atoms with van der Waals surface area (Å²) in [6, 6.07) is 11.6. The Kier molecular flexibility index (Phi) is 3.97. The number of benzene rings is 1. The van der Waals surface area contributed by atoms with Gasteiger partial charge in [0.25, 0.3) is 0 Å². The SMILES string of the molecule is NCc1ccc(C(=O)OC2CCCc3ccccc32)nc1. The molecule has 0 aliphatic heterocycles. The van der Waals surface area contributed by atoms with E-state index in [1.807, 2.05) is 18.2 Å². The van der Waals surface area contributed by atoms with Crippen molar-refractivity contribution in [1.29, 1.82) is 0 Å². The Balaban J connectivity index is 1.76. The molecule has 1 aliphatic rings. The van der Waals surface area contributed by atoms with Crippen LogP contribution in [-0.4, -0.2) is 11.0 Å². The maximum Gasteiger partial charge on any atom is 0.357 e. The number of nitrogens with zero attached hydrogens (tertiary/aromatic N) is 1. The van der Waals surface area contributed by atoms with Crippen LogP contribution in [0.2, 0.25) is 0 Å². The number of pyridine rings is 1. The zero-order valence-corrected chi connectivity index (χ0v) is 11.8. The van der Waals surface area contributed by atoms with E-state index in [2.05, 4.69) is 11.1 Å². The summed E-state index contributed by atoms with van der Waals surface area (Å²) in [5.74, 6) is -0.375. The second kappa shape index (κ2) is 6.06. The van der Waals surface area contributed by atoms with E-state index in [0.29, 0.717) is 12.2 Å². The Morgan fingerprint density at radius 1 is 1.29 bits per heavy atom. The zero-order chi connectivity index (χ0) is 14.7. The largest absolute Gasteiger partial charge is 0.453 e. The lowest BCUT2D eigenvalue weighted by Crippen LogP contribution is -2.17. The van der Waals surface area contributed by atoms with Gasteiger partial charge in [-0.25, -0.2) is 9.78 Å². The minimum atomic E-state index is -0.375. The van der Waals surface area contributed by atoms with E-state index in [1.54, 1.807) is 18.3 Å². The first kappa shape index (κ1) is 13.8. The van der Waals surface area contributed by atoms with Crippen LogP contribution in [0.15, 0.2) is 42.6 Å². The van der Waals surface area contributed by atoms with Gasteiger partial charge in [0.1, 0.15) is 11.8 Å². The normalized spacial score (nSPS) is 17.1. The average molecular weight is 282 g/mol. The number of aryl methyl sites for hydroxylation is 1. The molecule has 21 heavy (non-hydrogen) atoms. The van der Waals surface area contributed by atoms with E-state index < -0.39 is 0 Å². The van der Waals surface area contributed by atoms with Crippen molar-refractivity contribution in [3.8, 4) is 0 Å². The number of carbonyl (C=O) groups excluding carboxylic acids is 1. The molecule has 1 aliphatic carbocycles. The van der Waals surface area contributed by atoms with Gasteiger partial charge < -0.3 is 10.5 Å². The molecule has 1 unspecified atom stereocenters. The summed E-state index contributed by atoms with van der Waals surface area (Å²) in [4.78, 5) is 16.3. The molecule has 3 rings (SSSR count). The number of rotatable bonds is 3. The molecule has 0 fully saturated rings. The number of nitrogens with two attached hydrogens (primary N) is 1. The van der Waals surface area contributed by atoms with E-state index in [0.717, 1.165) is 30.4 Å². The molecule has 0 radical (unpaired) electrons. The van der Waals surface area contributed by atoms with Gasteiger partial charge in [-0.2, -0.15) is 0 Å². The van der Waals surface area contributed by atoms with Crippen molar-refractivity contribution in [3.05, 3.63) is 65.0 Å². The standard InChI is InChI=1S/C17H18N2O2/c18-10-12-8-9-15(19-11-12)17(20)21-16-7-3-5-13-4-1-2-6-14(13)16/h1-2,4,6,8-9,11,16H,3,5,7,10,18H2. The molecule has 1 atom stereocenters. The molecule has 4 nitrogen and oxygen atoms in total. The molecule has 1 aromatic carbocycles. The first-order valence-corrected chi connectivity index (χ1v) is 7.21. The number of fused-ring (bicyclic) bond motifs is 1. The van der Waals surface area contributed by atoms with Crippen LogP contribution < -0.4 is 5.73 Å². The van der Waals surface area contributed by atoms with Crippen molar-refractivity contribution in [1.82, 2.24) is 4.98 Å². The number of esters is 1. The first-order chi connectivity index (χ1) is 10.3. The fourth-order valence-corrected chi connectivity index (χ4v) is 2.69. The van der Waals surface area contributed by atoms with Crippen LogP contribution in [-0.2, 0) is 17.7 Å². The van der Waals surface area contributed by atoms with Gasteiger partial charge in [-0.1, -0.05) is 30.3 Å². The van der Waals surface area contributed by atoms with Crippen LogP contribution >= 0.6 is 0 Å². The van der Waals surface area contributed by atoms with Crippen molar-refractivity contribution in [2.75, 3.05) is 0 Å². The summed E-state index contributed by atoms with van der Waals surface area (Å²) in [5, 5.41) is 0. The molecule has 0 saturated carbocycles. The second-order valence-corrected chi connectivity index (χ2v) is 5.24. The Morgan fingerprint density at radius 3 is 2.90 bits per heavy atom.